The Morgan fingerprint density at radius 3 is 1.00 bits per heavy atom. The van der Waals surface area contributed by atoms with E-state index in [9.17, 15) is 0 Å². The molecule has 0 radical (unpaired) electrons. The molecule has 0 aliphatic heterocycles. The predicted molar refractivity (Wildman–Crippen MR) is 55.0 cm³/mol. The topological polar surface area (TPSA) is 0 Å². The minimum atomic E-state index is 0. The Balaban J connectivity index is -0.0000000147. The molecule has 0 saturated heterocycles. The van der Waals surface area contributed by atoms with Gasteiger partial charge in [-0.3, -0.25) is 0 Å². The summed E-state index contributed by atoms with van der Waals surface area (Å²) in [5, 5.41) is 0. The summed E-state index contributed by atoms with van der Waals surface area (Å²) in [4.78, 5) is 0. The second-order valence-electron chi connectivity index (χ2n) is 0.101. The molecule has 0 unspecified atom stereocenters. The summed E-state index contributed by atoms with van der Waals surface area (Å²) in [7, 11) is 0. The second kappa shape index (κ2) is 62.4. The summed E-state index contributed by atoms with van der Waals surface area (Å²) in [5.41, 5.74) is 0. The van der Waals surface area contributed by atoms with E-state index in [1.807, 2.05) is 0 Å². The van der Waals surface area contributed by atoms with Crippen LogP contribution in [0.25, 0.3) is 0 Å². The number of rotatable bonds is 0. The quantitative estimate of drug-likeness (QED) is 0.257. The Labute approximate surface area is 93.6 Å². The zero-order chi connectivity index (χ0) is 6.71. The Hall–Kier alpha value is 2.08. The maximum Gasteiger partial charge on any atom is 2.00 e. The molecular weight excluding hydrogens is 379 g/mol. The summed E-state index contributed by atoms with van der Waals surface area (Å²) in [6.45, 7) is 10.0. The van der Waals surface area contributed by atoms with E-state index in [0.29, 0.717) is 0 Å². The van der Waals surface area contributed by atoms with Crippen LogP contribution in [0, 0.1) is 13.8 Å². The molecule has 0 aromatic carbocycles. The molecular formula is C5H12I2Zn. The average molecular weight is 391 g/mol. The van der Waals surface area contributed by atoms with Crippen molar-refractivity contribution in [3.63, 3.8) is 0 Å². The first-order chi connectivity index (χ1) is 3.41. The fourth-order valence-corrected chi connectivity index (χ4v) is 0. The van der Waals surface area contributed by atoms with Gasteiger partial charge in [-0.1, -0.05) is 45.2 Å². The molecule has 0 aliphatic carbocycles. The van der Waals surface area contributed by atoms with Gasteiger partial charge in [-0.2, -0.15) is 13.8 Å². The van der Waals surface area contributed by atoms with Crippen LogP contribution in [0.2, 0.25) is 0 Å². The van der Waals surface area contributed by atoms with Crippen molar-refractivity contribution in [1.29, 1.82) is 0 Å². The van der Waals surface area contributed by atoms with E-state index < -0.39 is 0 Å². The van der Waals surface area contributed by atoms with E-state index in [1.165, 1.54) is 2.43 Å². The summed E-state index contributed by atoms with van der Waals surface area (Å²) >= 11 is 4.55. The monoisotopic (exact) mass is 390 g/mol. The molecule has 0 spiro atoms. The van der Waals surface area contributed by atoms with Crippen molar-refractivity contribution in [3.05, 3.63) is 13.8 Å². The zero-order valence-electron chi connectivity index (χ0n) is 5.58. The molecule has 0 atom stereocenters. The summed E-state index contributed by atoms with van der Waals surface area (Å²) in [5.74, 6) is 0. The van der Waals surface area contributed by atoms with Crippen molar-refractivity contribution in [2.24, 2.45) is 0 Å². The van der Waals surface area contributed by atoms with Crippen LogP contribution in [-0.2, 0) is 19.5 Å². The van der Waals surface area contributed by atoms with Crippen molar-refractivity contribution < 1.29 is 19.5 Å². The van der Waals surface area contributed by atoms with Gasteiger partial charge in [-0.05, 0) is 0 Å². The molecule has 0 aromatic rings. The maximum atomic E-state index is 3.25. The molecule has 0 rings (SSSR count). The smallest absolute Gasteiger partial charge is 0.346 e. The standard InChI is InChI=1S/2C2H5.CH2I2.Zn/c2*1-2;2-1-3;/h2*1H2,2H3;1H2;/q2*-1;;+2. The fraction of sp³-hybridized carbons (Fsp3) is 0.600. The van der Waals surface area contributed by atoms with E-state index in [-0.39, 0.29) is 19.5 Å². The van der Waals surface area contributed by atoms with Gasteiger partial charge in [-0.25, -0.2) is 0 Å². The normalized spacial score (nSPS) is 3.75. The van der Waals surface area contributed by atoms with Crippen LogP contribution in [0.5, 0.6) is 0 Å². The molecule has 0 saturated carbocycles. The first kappa shape index (κ1) is 22.5. The maximum absolute atomic E-state index is 3.25. The Morgan fingerprint density at radius 2 is 1.00 bits per heavy atom. The molecule has 3 heteroatoms. The van der Waals surface area contributed by atoms with Gasteiger partial charge < -0.3 is 13.8 Å². The zero-order valence-corrected chi connectivity index (χ0v) is 12.9. The Bertz CT molecular complexity index is 10.4. The van der Waals surface area contributed by atoms with Gasteiger partial charge in [0.05, 0.1) is 2.43 Å². The summed E-state index contributed by atoms with van der Waals surface area (Å²) < 4.78 is 1.19. The average Bonchev–Trinajstić information content (AvgIpc) is 1.78. The van der Waals surface area contributed by atoms with E-state index in [4.69, 9.17) is 0 Å². The first-order valence-corrected chi connectivity index (χ1v) is 5.00. The van der Waals surface area contributed by atoms with Crippen LogP contribution in [-0.4, -0.2) is 2.43 Å². The van der Waals surface area contributed by atoms with Crippen LogP contribution in [0.3, 0.4) is 0 Å². The van der Waals surface area contributed by atoms with Crippen LogP contribution in [0.4, 0.5) is 0 Å². The van der Waals surface area contributed by atoms with Gasteiger partial charge in [0.1, 0.15) is 0 Å². The van der Waals surface area contributed by atoms with Gasteiger partial charge in [0.15, 0.2) is 0 Å². The molecule has 0 fully saturated rings. The number of alkyl halides is 2. The third-order valence-electron chi connectivity index (χ3n) is 0. The van der Waals surface area contributed by atoms with Crippen molar-refractivity contribution in [1.82, 2.24) is 0 Å². The Morgan fingerprint density at radius 1 is 1.00 bits per heavy atom. The van der Waals surface area contributed by atoms with Gasteiger partial charge in [0, 0.05) is 0 Å². The summed E-state index contributed by atoms with van der Waals surface area (Å²) in [6.07, 6.45) is 0. The third kappa shape index (κ3) is 93.4. The van der Waals surface area contributed by atoms with Gasteiger partial charge in [0.2, 0.25) is 0 Å². The third-order valence-corrected chi connectivity index (χ3v) is 0. The largest absolute Gasteiger partial charge is 2.00 e. The van der Waals surface area contributed by atoms with Crippen molar-refractivity contribution in [3.8, 4) is 0 Å². The van der Waals surface area contributed by atoms with E-state index in [1.54, 1.807) is 13.8 Å². The van der Waals surface area contributed by atoms with Crippen molar-refractivity contribution in [2.45, 2.75) is 13.8 Å². The molecule has 48 valence electrons. The molecule has 0 heterocycles. The summed E-state index contributed by atoms with van der Waals surface area (Å²) in [6, 6.07) is 0. The van der Waals surface area contributed by atoms with Crippen LogP contribution in [0.1, 0.15) is 13.8 Å². The molecule has 0 bridgehead atoms. The minimum Gasteiger partial charge on any atom is -0.346 e. The Kier molecular flexibility index (Phi) is 175. The molecule has 0 N–H and O–H groups in total. The molecule has 0 amide bonds. The number of hydrogen-bond donors (Lipinski definition) is 0. The van der Waals surface area contributed by atoms with Crippen molar-refractivity contribution in [2.75, 3.05) is 2.43 Å². The first-order valence-electron chi connectivity index (χ1n) is 1.95. The van der Waals surface area contributed by atoms with Gasteiger partial charge in [0.25, 0.3) is 0 Å². The van der Waals surface area contributed by atoms with Gasteiger partial charge in [-0.15, -0.1) is 0 Å². The minimum absolute atomic E-state index is 0. The number of hydrogen-bond acceptors (Lipinski definition) is 0. The molecule has 0 nitrogen and oxygen atoms in total. The molecule has 8 heavy (non-hydrogen) atoms. The molecule has 0 aromatic heterocycles. The van der Waals surface area contributed by atoms with Crippen LogP contribution < -0.4 is 0 Å². The van der Waals surface area contributed by atoms with E-state index in [2.05, 4.69) is 59.0 Å². The van der Waals surface area contributed by atoms with Crippen molar-refractivity contribution >= 4 is 45.2 Å². The molecule has 0 aliphatic rings. The fourth-order valence-electron chi connectivity index (χ4n) is 0. The van der Waals surface area contributed by atoms with E-state index in [0.717, 1.165) is 0 Å². The van der Waals surface area contributed by atoms with Crippen LogP contribution >= 0.6 is 45.2 Å². The van der Waals surface area contributed by atoms with E-state index >= 15 is 0 Å². The second-order valence-corrected chi connectivity index (χ2v) is 4.55. The van der Waals surface area contributed by atoms with Gasteiger partial charge >= 0.3 is 19.5 Å². The SMILES string of the molecule is ICI.[CH2-]C.[CH2-]C.[Zn+2]. The number of halogens is 2. The predicted octanol–water partition coefficient (Wildman–Crippen LogP) is 3.49. The van der Waals surface area contributed by atoms with Crippen LogP contribution in [0.15, 0.2) is 0 Å².